The van der Waals surface area contributed by atoms with E-state index >= 15 is 0 Å². The molecule has 8 atom stereocenters. The van der Waals surface area contributed by atoms with E-state index in [2.05, 4.69) is 0 Å². The molecule has 9 nitrogen and oxygen atoms in total. The largest absolute Gasteiger partial charge is 0.494 e. The first kappa shape index (κ1) is 29.7. The Balaban J connectivity index is 1.28. The Labute approximate surface area is 229 Å². The lowest BCUT2D eigenvalue weighted by Gasteiger charge is -2.38. The van der Waals surface area contributed by atoms with Crippen molar-refractivity contribution in [2.45, 2.75) is 102 Å². The molecule has 9 heteroatoms. The molecule has 0 spiro atoms. The number of Topliss-reactive ketones (excluding diaryl/α,β-unsaturated/α-hetero) is 1. The molecular formula is C30H42O9. The van der Waals surface area contributed by atoms with E-state index in [1.807, 2.05) is 19.9 Å². The lowest BCUT2D eigenvalue weighted by Crippen LogP contribution is -2.50. The van der Waals surface area contributed by atoms with E-state index in [-0.39, 0.29) is 36.2 Å². The minimum Gasteiger partial charge on any atom is -0.494 e. The Hall–Kier alpha value is -2.30. The Morgan fingerprint density at radius 2 is 1.90 bits per heavy atom. The maximum absolute atomic E-state index is 13.1. The summed E-state index contributed by atoms with van der Waals surface area (Å²) in [5, 5.41) is 40.1. The van der Waals surface area contributed by atoms with Crippen LogP contribution in [-0.2, 0) is 20.7 Å². The number of epoxide rings is 1. The van der Waals surface area contributed by atoms with Crippen molar-refractivity contribution in [1.29, 1.82) is 0 Å². The predicted octanol–water partition coefficient (Wildman–Crippen LogP) is 3.07. The maximum atomic E-state index is 13.1. The van der Waals surface area contributed by atoms with Gasteiger partial charge in [-0.25, -0.2) is 0 Å². The molecular weight excluding hydrogens is 504 g/mol. The quantitative estimate of drug-likeness (QED) is 0.167. The zero-order valence-electron chi connectivity index (χ0n) is 23.0. The van der Waals surface area contributed by atoms with Crippen LogP contribution in [0.5, 0.6) is 5.75 Å². The van der Waals surface area contributed by atoms with Gasteiger partial charge in [-0.3, -0.25) is 9.59 Å². The lowest BCUT2D eigenvalue weighted by molar-refractivity contribution is -0.165. The van der Waals surface area contributed by atoms with Crippen LogP contribution >= 0.6 is 0 Å². The fourth-order valence-electron chi connectivity index (χ4n) is 5.69. The van der Waals surface area contributed by atoms with Crippen molar-refractivity contribution < 1.29 is 44.2 Å². The minimum atomic E-state index is -1.07. The van der Waals surface area contributed by atoms with Gasteiger partial charge in [0.1, 0.15) is 11.9 Å². The smallest absolute Gasteiger partial charge is 0.303 e. The van der Waals surface area contributed by atoms with Crippen LogP contribution in [0.2, 0.25) is 0 Å². The molecule has 1 aromatic rings. The summed E-state index contributed by atoms with van der Waals surface area (Å²) in [6.07, 6.45) is 0.543. The molecule has 0 saturated carbocycles. The Morgan fingerprint density at radius 3 is 2.62 bits per heavy atom. The molecule has 2 saturated heterocycles. The number of aliphatic carboxylic acids is 1. The number of ketones is 1. The summed E-state index contributed by atoms with van der Waals surface area (Å²) in [6, 6.07) is 5.45. The highest BCUT2D eigenvalue weighted by molar-refractivity contribution is 6.13. The second-order valence-corrected chi connectivity index (χ2v) is 11.4. The third-order valence-corrected chi connectivity index (χ3v) is 8.46. The number of ether oxygens (including phenoxy) is 3. The molecule has 0 aromatic heterocycles. The topological polar surface area (TPSA) is 146 Å². The first-order chi connectivity index (χ1) is 18.6. The highest BCUT2D eigenvalue weighted by atomic mass is 16.6. The van der Waals surface area contributed by atoms with E-state index in [1.165, 1.54) is 0 Å². The van der Waals surface area contributed by atoms with Gasteiger partial charge in [0.05, 0.1) is 43.7 Å². The Bertz CT molecular complexity index is 1060. The van der Waals surface area contributed by atoms with Crippen molar-refractivity contribution in [2.75, 3.05) is 13.2 Å². The summed E-state index contributed by atoms with van der Waals surface area (Å²) in [5.74, 6) is -0.383. The van der Waals surface area contributed by atoms with Crippen LogP contribution in [0.15, 0.2) is 29.3 Å². The van der Waals surface area contributed by atoms with E-state index in [0.717, 1.165) is 24.0 Å². The molecule has 0 amide bonds. The van der Waals surface area contributed by atoms with Gasteiger partial charge in [0.25, 0.3) is 0 Å². The molecule has 39 heavy (non-hydrogen) atoms. The van der Waals surface area contributed by atoms with Crippen molar-refractivity contribution in [3.63, 3.8) is 0 Å². The van der Waals surface area contributed by atoms with Gasteiger partial charge in [0, 0.05) is 35.8 Å². The average Bonchev–Trinajstić information content (AvgIpc) is 3.58. The number of fused-ring (bicyclic) bond motifs is 1. The fourth-order valence-corrected chi connectivity index (χ4v) is 5.69. The number of benzene rings is 1. The van der Waals surface area contributed by atoms with Gasteiger partial charge < -0.3 is 34.6 Å². The number of carbonyl (C=O) groups is 2. The third kappa shape index (κ3) is 7.27. The van der Waals surface area contributed by atoms with Gasteiger partial charge in [-0.05, 0) is 69.7 Å². The zero-order chi connectivity index (χ0) is 28.3. The van der Waals surface area contributed by atoms with Crippen LogP contribution in [0.4, 0.5) is 0 Å². The molecule has 4 N–H and O–H groups in total. The van der Waals surface area contributed by atoms with Crippen molar-refractivity contribution in [3.05, 3.63) is 40.5 Å². The number of hydrogen-bond donors (Lipinski definition) is 4. The van der Waals surface area contributed by atoms with Crippen molar-refractivity contribution in [2.24, 2.45) is 11.8 Å². The summed E-state index contributed by atoms with van der Waals surface area (Å²) >= 11 is 0. The van der Waals surface area contributed by atoms with Crippen LogP contribution in [0.3, 0.4) is 0 Å². The van der Waals surface area contributed by atoms with E-state index in [0.29, 0.717) is 55.8 Å². The lowest BCUT2D eigenvalue weighted by atomic mass is 9.85. The summed E-state index contributed by atoms with van der Waals surface area (Å²) < 4.78 is 17.5. The second-order valence-electron chi connectivity index (χ2n) is 11.4. The van der Waals surface area contributed by atoms with Gasteiger partial charge in [-0.15, -0.1) is 0 Å². The normalized spacial score (nSPS) is 31.0. The molecule has 216 valence electrons. The van der Waals surface area contributed by atoms with Crippen LogP contribution < -0.4 is 4.74 Å². The van der Waals surface area contributed by atoms with Gasteiger partial charge in [0.15, 0.2) is 5.78 Å². The molecule has 3 aliphatic rings. The number of unbranched alkanes of at least 4 members (excludes halogenated alkanes) is 2. The summed E-state index contributed by atoms with van der Waals surface area (Å²) in [4.78, 5) is 23.7. The molecule has 2 heterocycles. The number of carbonyl (C=O) groups excluding carboxylic acids is 1. The number of aliphatic hydroxyl groups is 3. The molecule has 0 unspecified atom stereocenters. The van der Waals surface area contributed by atoms with Crippen LogP contribution in [-0.4, -0.2) is 82.0 Å². The fraction of sp³-hybridized carbons (Fsp3) is 0.667. The number of carboxylic acid groups (broad SMARTS) is 1. The van der Waals surface area contributed by atoms with Crippen molar-refractivity contribution >= 4 is 11.8 Å². The molecule has 2 fully saturated rings. The molecule has 1 aliphatic carbocycles. The van der Waals surface area contributed by atoms with E-state index in [9.17, 15) is 24.9 Å². The molecule has 4 rings (SSSR count). The number of allylic oxidation sites excluding steroid dienone is 1. The van der Waals surface area contributed by atoms with Gasteiger partial charge in [0.2, 0.25) is 0 Å². The summed E-state index contributed by atoms with van der Waals surface area (Å²) in [7, 11) is 0. The van der Waals surface area contributed by atoms with E-state index in [4.69, 9.17) is 19.3 Å². The molecule has 1 aromatic carbocycles. The van der Waals surface area contributed by atoms with Crippen molar-refractivity contribution in [3.8, 4) is 5.75 Å². The first-order valence-corrected chi connectivity index (χ1v) is 14.1. The van der Waals surface area contributed by atoms with Gasteiger partial charge >= 0.3 is 5.97 Å². The summed E-state index contributed by atoms with van der Waals surface area (Å²) in [5.41, 5.74) is 3.06. The SMILES string of the molecule is C/C(C[C@@H]1OC[C@H](C[C@@H]2O[C@H]2[C@@H](C)[C@H](C)O)[C@@H](O)[C@H]1O)=C1/Cc2cc(OCCCCCC(=O)O)ccc2C1=O. The van der Waals surface area contributed by atoms with E-state index < -0.39 is 30.4 Å². The van der Waals surface area contributed by atoms with Crippen LogP contribution in [0.25, 0.3) is 0 Å². The van der Waals surface area contributed by atoms with Crippen LogP contribution in [0.1, 0.15) is 75.2 Å². The van der Waals surface area contributed by atoms with Gasteiger partial charge in [-0.1, -0.05) is 12.5 Å². The highest BCUT2D eigenvalue weighted by Crippen LogP contribution is 2.39. The number of hydrogen-bond acceptors (Lipinski definition) is 8. The second kappa shape index (κ2) is 12.9. The zero-order valence-corrected chi connectivity index (χ0v) is 23.0. The van der Waals surface area contributed by atoms with Gasteiger partial charge in [-0.2, -0.15) is 0 Å². The van der Waals surface area contributed by atoms with Crippen LogP contribution in [0, 0.1) is 11.8 Å². The van der Waals surface area contributed by atoms with E-state index in [1.54, 1.807) is 19.1 Å². The maximum Gasteiger partial charge on any atom is 0.303 e. The number of rotatable bonds is 13. The molecule has 0 radical (unpaired) electrons. The monoisotopic (exact) mass is 546 g/mol. The van der Waals surface area contributed by atoms with Crippen molar-refractivity contribution in [1.82, 2.24) is 0 Å². The summed E-state index contributed by atoms with van der Waals surface area (Å²) in [6.45, 7) is 6.34. The molecule has 2 aliphatic heterocycles. The Morgan fingerprint density at radius 1 is 1.13 bits per heavy atom. The first-order valence-electron chi connectivity index (χ1n) is 14.1. The number of aliphatic hydroxyl groups excluding tert-OH is 3. The minimum absolute atomic E-state index is 0.00903. The third-order valence-electron chi connectivity index (χ3n) is 8.46. The molecule has 0 bridgehead atoms. The predicted molar refractivity (Wildman–Crippen MR) is 143 cm³/mol. The average molecular weight is 547 g/mol. The standard InChI is InChI=1S/C30H42O9/c1-16(11-24-29(36)27(34)20(15-38-24)14-25-30(39-25)17(2)18(3)31)23-13-19-12-21(8-9-22(19)28(23)35)37-10-6-4-5-7-26(32)33/h8-9,12,17-18,20,24-25,27,29-31,34,36H,4-7,10-11,13-15H2,1-3H3,(H,32,33)/b23-16+/t17-,18-,20-,24-,25-,27+,29-,30-/m0/s1. The Kier molecular flexibility index (Phi) is 9.82. The number of carboxylic acids is 1. The highest BCUT2D eigenvalue weighted by Gasteiger charge is 2.48.